The fourth-order valence-corrected chi connectivity index (χ4v) is 4.64. The number of pyridine rings is 1. The summed E-state index contributed by atoms with van der Waals surface area (Å²) >= 11 is 0. The first-order valence-electron chi connectivity index (χ1n) is 7.71. The molecule has 118 valence electrons. The van der Waals surface area contributed by atoms with Crippen LogP contribution in [-0.2, 0) is 10.0 Å². The number of hydrogen-bond donors (Lipinski definition) is 1. The van der Waals surface area contributed by atoms with Crippen molar-refractivity contribution in [1.82, 2.24) is 9.29 Å². The third-order valence-electron chi connectivity index (χ3n) is 4.18. The van der Waals surface area contributed by atoms with E-state index in [9.17, 15) is 8.42 Å². The second kappa shape index (κ2) is 7.22. The topological polar surface area (TPSA) is 62.3 Å². The van der Waals surface area contributed by atoms with Crippen molar-refractivity contribution < 1.29 is 8.42 Å². The molecule has 0 saturated carbocycles. The average Bonchev–Trinajstić information content (AvgIpc) is 2.74. The summed E-state index contributed by atoms with van der Waals surface area (Å²) < 4.78 is 27.3. The summed E-state index contributed by atoms with van der Waals surface area (Å²) in [7, 11) is -1.73. The first-order chi connectivity index (χ1) is 10.1. The molecule has 1 unspecified atom stereocenters. The highest BCUT2D eigenvalue weighted by atomic mass is 32.2. The maximum Gasteiger partial charge on any atom is 0.246 e. The Kier molecular flexibility index (Phi) is 5.58. The molecule has 0 bridgehead atoms. The molecule has 1 saturated heterocycles. The number of anilines is 1. The molecule has 5 nitrogen and oxygen atoms in total. The third kappa shape index (κ3) is 3.74. The maximum atomic E-state index is 12.8. The Bertz CT molecular complexity index is 560. The number of hydrogen-bond acceptors (Lipinski definition) is 4. The number of aromatic nitrogens is 1. The Morgan fingerprint density at radius 1 is 1.38 bits per heavy atom. The molecular formula is C15H25N3O2S. The quantitative estimate of drug-likeness (QED) is 0.908. The summed E-state index contributed by atoms with van der Waals surface area (Å²) in [6.45, 7) is 3.42. The number of nitrogens with zero attached hydrogens (tertiary/aromatic N) is 2. The zero-order valence-corrected chi connectivity index (χ0v) is 13.7. The van der Waals surface area contributed by atoms with Crippen LogP contribution in [0.1, 0.15) is 39.0 Å². The summed E-state index contributed by atoms with van der Waals surface area (Å²) in [4.78, 5) is 4.26. The minimum atomic E-state index is -3.46. The molecule has 0 spiro atoms. The molecule has 1 aromatic rings. The van der Waals surface area contributed by atoms with Crippen LogP contribution >= 0.6 is 0 Å². The second-order valence-electron chi connectivity index (χ2n) is 5.61. The van der Waals surface area contributed by atoms with Crippen molar-refractivity contribution in [2.24, 2.45) is 5.92 Å². The Morgan fingerprint density at radius 2 is 2.19 bits per heavy atom. The largest absolute Gasteiger partial charge is 0.387 e. The van der Waals surface area contributed by atoms with E-state index >= 15 is 0 Å². The molecule has 1 atom stereocenters. The van der Waals surface area contributed by atoms with E-state index in [1.165, 1.54) is 19.0 Å². The molecular weight excluding hydrogens is 286 g/mol. The van der Waals surface area contributed by atoms with Gasteiger partial charge in [-0.25, -0.2) is 8.42 Å². The first kappa shape index (κ1) is 16.2. The Hall–Kier alpha value is -1.14. The van der Waals surface area contributed by atoms with Crippen LogP contribution in [-0.4, -0.2) is 37.8 Å². The molecule has 0 aliphatic carbocycles. The van der Waals surface area contributed by atoms with E-state index in [4.69, 9.17) is 0 Å². The highest BCUT2D eigenvalue weighted by molar-refractivity contribution is 7.89. The zero-order chi connectivity index (χ0) is 15.3. The SMILES string of the molecule is CCCC1CCCN(S(=O)(=O)c2cnccc2NC)CC1. The van der Waals surface area contributed by atoms with Gasteiger partial charge in [-0.2, -0.15) is 4.31 Å². The van der Waals surface area contributed by atoms with Crippen LogP contribution in [0.4, 0.5) is 5.69 Å². The predicted molar refractivity (Wildman–Crippen MR) is 84.8 cm³/mol. The smallest absolute Gasteiger partial charge is 0.246 e. The standard InChI is InChI=1S/C15H25N3O2S/c1-3-5-13-6-4-10-18(11-8-13)21(19,20)15-12-17-9-7-14(15)16-2/h7,9,12-13H,3-6,8,10-11H2,1-2H3,(H,16,17). The molecule has 1 fully saturated rings. The van der Waals surface area contributed by atoms with Crippen molar-refractivity contribution in [3.8, 4) is 0 Å². The molecule has 0 amide bonds. The van der Waals surface area contributed by atoms with Crippen LogP contribution in [0.5, 0.6) is 0 Å². The van der Waals surface area contributed by atoms with Gasteiger partial charge in [-0.3, -0.25) is 4.98 Å². The lowest BCUT2D eigenvalue weighted by atomic mass is 9.96. The van der Waals surface area contributed by atoms with E-state index in [1.807, 2.05) is 0 Å². The molecule has 1 aliphatic heterocycles. The molecule has 1 aliphatic rings. The monoisotopic (exact) mass is 311 g/mol. The number of nitrogens with one attached hydrogen (secondary N) is 1. The molecule has 2 heterocycles. The number of rotatable bonds is 5. The Labute approximate surface area is 127 Å². The molecule has 1 N–H and O–H groups in total. The van der Waals surface area contributed by atoms with Crippen molar-refractivity contribution in [2.75, 3.05) is 25.5 Å². The van der Waals surface area contributed by atoms with E-state index in [2.05, 4.69) is 17.2 Å². The van der Waals surface area contributed by atoms with Gasteiger partial charge in [0, 0.05) is 32.5 Å². The minimum absolute atomic E-state index is 0.279. The molecule has 1 aromatic heterocycles. The lowest BCUT2D eigenvalue weighted by molar-refractivity contribution is 0.400. The Morgan fingerprint density at radius 3 is 2.90 bits per heavy atom. The van der Waals surface area contributed by atoms with Gasteiger partial charge in [0.05, 0.1) is 5.69 Å². The number of sulfonamides is 1. The van der Waals surface area contributed by atoms with Gasteiger partial charge in [0.1, 0.15) is 4.90 Å². The summed E-state index contributed by atoms with van der Waals surface area (Å²) in [6, 6.07) is 1.70. The van der Waals surface area contributed by atoms with Gasteiger partial charge in [0.2, 0.25) is 10.0 Å². The molecule has 6 heteroatoms. The predicted octanol–water partition coefficient (Wildman–Crippen LogP) is 2.71. The highest BCUT2D eigenvalue weighted by Gasteiger charge is 2.29. The third-order valence-corrected chi connectivity index (χ3v) is 6.10. The van der Waals surface area contributed by atoms with Gasteiger partial charge >= 0.3 is 0 Å². The van der Waals surface area contributed by atoms with Gasteiger partial charge in [-0.1, -0.05) is 19.8 Å². The Balaban J connectivity index is 2.19. The highest BCUT2D eigenvalue weighted by Crippen LogP contribution is 2.28. The summed E-state index contributed by atoms with van der Waals surface area (Å²) in [5.74, 6) is 0.660. The fourth-order valence-electron chi connectivity index (χ4n) is 3.01. The van der Waals surface area contributed by atoms with Gasteiger partial charge in [0.15, 0.2) is 0 Å². The summed E-state index contributed by atoms with van der Waals surface area (Å²) in [6.07, 6.45) is 8.44. The van der Waals surface area contributed by atoms with Crippen molar-refractivity contribution in [3.05, 3.63) is 18.5 Å². The summed E-state index contributed by atoms with van der Waals surface area (Å²) in [5, 5.41) is 2.94. The van der Waals surface area contributed by atoms with Crippen LogP contribution in [0.2, 0.25) is 0 Å². The van der Waals surface area contributed by atoms with Crippen LogP contribution in [0.25, 0.3) is 0 Å². The van der Waals surface area contributed by atoms with E-state index in [1.54, 1.807) is 23.6 Å². The van der Waals surface area contributed by atoms with Crippen molar-refractivity contribution in [3.63, 3.8) is 0 Å². The van der Waals surface area contributed by atoms with Crippen molar-refractivity contribution >= 4 is 15.7 Å². The van der Waals surface area contributed by atoms with Crippen LogP contribution in [0.3, 0.4) is 0 Å². The van der Waals surface area contributed by atoms with Crippen molar-refractivity contribution in [2.45, 2.75) is 43.9 Å². The van der Waals surface area contributed by atoms with Gasteiger partial charge in [-0.05, 0) is 31.2 Å². The van der Waals surface area contributed by atoms with Gasteiger partial charge < -0.3 is 5.32 Å². The van der Waals surface area contributed by atoms with Crippen molar-refractivity contribution in [1.29, 1.82) is 0 Å². The average molecular weight is 311 g/mol. The van der Waals surface area contributed by atoms with Crippen LogP contribution in [0, 0.1) is 5.92 Å². The van der Waals surface area contributed by atoms with Crippen LogP contribution in [0.15, 0.2) is 23.4 Å². The normalized spacial score (nSPS) is 21.0. The zero-order valence-electron chi connectivity index (χ0n) is 12.9. The lowest BCUT2D eigenvalue weighted by Crippen LogP contribution is -2.32. The maximum absolute atomic E-state index is 12.8. The molecule has 2 rings (SSSR count). The summed E-state index contributed by atoms with van der Waals surface area (Å²) in [5.41, 5.74) is 0.611. The van der Waals surface area contributed by atoms with Gasteiger partial charge in [-0.15, -0.1) is 0 Å². The second-order valence-corrected chi connectivity index (χ2v) is 7.52. The molecule has 21 heavy (non-hydrogen) atoms. The lowest BCUT2D eigenvalue weighted by Gasteiger charge is -2.21. The minimum Gasteiger partial charge on any atom is -0.387 e. The van der Waals surface area contributed by atoms with Crippen LogP contribution < -0.4 is 5.32 Å². The van der Waals surface area contributed by atoms with E-state index in [-0.39, 0.29) is 4.90 Å². The van der Waals surface area contributed by atoms with E-state index in [0.717, 1.165) is 19.3 Å². The molecule has 0 radical (unpaired) electrons. The first-order valence-corrected chi connectivity index (χ1v) is 9.15. The molecule has 0 aromatic carbocycles. The van der Waals surface area contributed by atoms with E-state index in [0.29, 0.717) is 24.7 Å². The fraction of sp³-hybridized carbons (Fsp3) is 0.667. The van der Waals surface area contributed by atoms with E-state index < -0.39 is 10.0 Å². The van der Waals surface area contributed by atoms with Gasteiger partial charge in [0.25, 0.3) is 0 Å².